The van der Waals surface area contributed by atoms with Crippen molar-refractivity contribution in [3.8, 4) is 0 Å². The number of fused-ring (bicyclic) bond motifs is 1. The van der Waals surface area contributed by atoms with Crippen LogP contribution in [0.15, 0.2) is 51.7 Å². The number of thioether (sulfide) groups is 1. The van der Waals surface area contributed by atoms with Crippen LogP contribution in [0.4, 0.5) is 4.79 Å². The van der Waals surface area contributed by atoms with Crippen molar-refractivity contribution in [2.75, 3.05) is 19.0 Å². The number of aromatic nitrogens is 1. The number of carboxylic acid groups (broad SMARTS) is 1. The number of thiazole rings is 1. The summed E-state index contributed by atoms with van der Waals surface area (Å²) >= 11 is 8.93. The molecule has 42 heavy (non-hydrogen) atoms. The largest absolute Gasteiger partial charge is 0.477 e. The fourth-order valence-electron chi connectivity index (χ4n) is 6.05. The number of allylic oxidation sites excluding steroid dienone is 1. The lowest BCUT2D eigenvalue weighted by Crippen LogP contribution is -2.67. The Morgan fingerprint density at radius 3 is 2.67 bits per heavy atom. The molecule has 9 nitrogen and oxygen atoms in total. The van der Waals surface area contributed by atoms with Gasteiger partial charge in [0.1, 0.15) is 12.3 Å². The summed E-state index contributed by atoms with van der Waals surface area (Å²) < 4.78 is 12.2. The number of β-lactam (4-membered cyclic amide) rings is 1. The van der Waals surface area contributed by atoms with E-state index in [0.717, 1.165) is 11.3 Å². The fourth-order valence-corrected chi connectivity index (χ4v) is 9.78. The average Bonchev–Trinajstić information content (AvgIpc) is 3.46. The normalized spacial score (nSPS) is 26.4. The lowest BCUT2D eigenvalue weighted by atomic mass is 9.68. The molecule has 0 radical (unpaired) electrons. The van der Waals surface area contributed by atoms with Crippen LogP contribution in [0.3, 0.4) is 0 Å². The van der Waals surface area contributed by atoms with Crippen LogP contribution in [0.2, 0.25) is 19.6 Å². The smallest absolute Gasteiger partial charge is 0.410 e. The first kappa shape index (κ1) is 32.5. The van der Waals surface area contributed by atoms with Crippen LogP contribution in [0.1, 0.15) is 32.4 Å². The van der Waals surface area contributed by atoms with Gasteiger partial charge in [-0.15, -0.1) is 29.5 Å². The predicted octanol–water partition coefficient (Wildman–Crippen LogP) is 6.21. The minimum absolute atomic E-state index is 0.0142. The number of aliphatic carboxylic acids is 1. The molecule has 0 bridgehead atoms. The Hall–Kier alpha value is -2.38. The zero-order valence-electron chi connectivity index (χ0n) is 24.6. The number of hydrogen-bond acceptors (Lipinski definition) is 8. The summed E-state index contributed by atoms with van der Waals surface area (Å²) in [6.45, 7) is 18.1. The molecule has 4 heterocycles. The van der Waals surface area contributed by atoms with Gasteiger partial charge in [0.2, 0.25) is 5.91 Å². The van der Waals surface area contributed by atoms with Crippen molar-refractivity contribution < 1.29 is 28.7 Å². The van der Waals surface area contributed by atoms with Crippen LogP contribution in [0.25, 0.3) is 5.57 Å². The Morgan fingerprint density at radius 1 is 1.36 bits per heavy atom. The van der Waals surface area contributed by atoms with Crippen molar-refractivity contribution in [1.29, 1.82) is 0 Å². The van der Waals surface area contributed by atoms with Crippen molar-refractivity contribution in [2.45, 2.75) is 68.9 Å². The lowest BCUT2D eigenvalue weighted by molar-refractivity contribution is -0.165. The first-order valence-electron chi connectivity index (χ1n) is 13.8. The van der Waals surface area contributed by atoms with Crippen LogP contribution < -0.4 is 0 Å². The maximum absolute atomic E-state index is 13.4. The Labute approximate surface area is 261 Å². The summed E-state index contributed by atoms with van der Waals surface area (Å²) in [6.07, 6.45) is 5.48. The highest BCUT2D eigenvalue weighted by molar-refractivity contribution is 8.04. The van der Waals surface area contributed by atoms with E-state index in [1.165, 1.54) is 34.1 Å². The van der Waals surface area contributed by atoms with E-state index in [4.69, 9.17) is 25.7 Å². The minimum Gasteiger partial charge on any atom is -0.477 e. The number of ether oxygens (including phenoxy) is 1. The second-order valence-electron chi connectivity index (χ2n) is 11.9. The van der Waals surface area contributed by atoms with E-state index in [9.17, 15) is 19.5 Å². The van der Waals surface area contributed by atoms with Gasteiger partial charge in [-0.3, -0.25) is 9.69 Å². The quantitative estimate of drug-likeness (QED) is 0.123. The van der Waals surface area contributed by atoms with Gasteiger partial charge in [-0.2, -0.15) is 0 Å². The van der Waals surface area contributed by atoms with Crippen molar-refractivity contribution in [1.82, 2.24) is 14.8 Å². The van der Waals surface area contributed by atoms with Gasteiger partial charge in [0, 0.05) is 28.1 Å². The Kier molecular flexibility index (Phi) is 9.83. The van der Waals surface area contributed by atoms with E-state index in [-0.39, 0.29) is 42.3 Å². The molecule has 1 fully saturated rings. The van der Waals surface area contributed by atoms with Gasteiger partial charge < -0.3 is 19.2 Å². The molecule has 1 aromatic heterocycles. The summed E-state index contributed by atoms with van der Waals surface area (Å²) in [5.41, 5.74) is 1.06. The van der Waals surface area contributed by atoms with Gasteiger partial charge in [0.05, 0.1) is 29.8 Å². The Balaban J connectivity index is 1.61. The highest BCUT2D eigenvalue weighted by Gasteiger charge is 2.66. The molecule has 3 aliphatic rings. The monoisotopic (exact) mass is 651 g/mol. The van der Waals surface area contributed by atoms with Gasteiger partial charge in [0.25, 0.3) is 0 Å². The van der Waals surface area contributed by atoms with Crippen molar-refractivity contribution in [2.24, 2.45) is 11.3 Å². The van der Waals surface area contributed by atoms with Crippen LogP contribution in [-0.2, 0) is 18.8 Å². The van der Waals surface area contributed by atoms with Gasteiger partial charge >= 0.3 is 12.1 Å². The van der Waals surface area contributed by atoms with Crippen molar-refractivity contribution >= 4 is 66.6 Å². The van der Waals surface area contributed by atoms with Gasteiger partial charge in [0.15, 0.2) is 12.7 Å². The van der Waals surface area contributed by atoms with Crippen LogP contribution in [-0.4, -0.2) is 83.4 Å². The zero-order valence-corrected chi connectivity index (χ0v) is 28.0. The molecule has 3 aliphatic heterocycles. The first-order chi connectivity index (χ1) is 19.8. The van der Waals surface area contributed by atoms with Crippen molar-refractivity contribution in [3.63, 3.8) is 0 Å². The Morgan fingerprint density at radius 2 is 2.07 bits per heavy atom. The van der Waals surface area contributed by atoms with Gasteiger partial charge in [-0.1, -0.05) is 43.5 Å². The highest BCUT2D eigenvalue weighted by Crippen LogP contribution is 2.60. The number of hydrogen-bond donors (Lipinski definition) is 1. The van der Waals surface area contributed by atoms with E-state index < -0.39 is 31.7 Å². The third-order valence-corrected chi connectivity index (χ3v) is 11.5. The molecule has 0 saturated carbocycles. The number of carbonyl (C=O) groups is 3. The zero-order chi connectivity index (χ0) is 31.0. The second-order valence-corrected chi connectivity index (χ2v) is 18.8. The maximum Gasteiger partial charge on any atom is 0.410 e. The van der Waals surface area contributed by atoms with Crippen molar-refractivity contribution in [3.05, 3.63) is 53.1 Å². The average molecular weight is 652 g/mol. The predicted molar refractivity (Wildman–Crippen MR) is 169 cm³/mol. The molecule has 228 valence electrons. The van der Waals surface area contributed by atoms with Crippen LogP contribution >= 0.6 is 34.7 Å². The molecule has 2 amide bonds. The van der Waals surface area contributed by atoms with E-state index in [1.54, 1.807) is 11.0 Å². The van der Waals surface area contributed by atoms with E-state index in [1.807, 2.05) is 25.3 Å². The number of amides is 2. The molecular formula is C29H38ClN3O6S2Si. The summed E-state index contributed by atoms with van der Waals surface area (Å²) in [4.78, 5) is 47.0. The molecule has 0 unspecified atom stereocenters. The second kappa shape index (κ2) is 12.7. The number of nitrogens with zero attached hydrogens (tertiary/aromatic N) is 3. The number of alkyl halides is 1. The molecule has 13 heteroatoms. The first-order valence-corrected chi connectivity index (χ1v) is 19.4. The molecule has 0 spiro atoms. The van der Waals surface area contributed by atoms with Gasteiger partial charge in [-0.05, 0) is 45.0 Å². The fraction of sp³-hybridized carbons (Fsp3) is 0.517. The Bertz CT molecular complexity index is 1340. The minimum atomic E-state index is -1.94. The number of rotatable bonds is 12. The molecule has 1 N–H and O–H groups in total. The third kappa shape index (κ3) is 6.14. The number of carbonyl (C=O) groups excluding carboxylic acids is 2. The molecular weight excluding hydrogens is 614 g/mol. The highest BCUT2D eigenvalue weighted by atomic mass is 35.5. The number of halogens is 1. The topological polar surface area (TPSA) is 109 Å². The molecule has 0 aliphatic carbocycles. The summed E-state index contributed by atoms with van der Waals surface area (Å²) in [5.74, 6) is -1.56. The van der Waals surface area contributed by atoms with E-state index in [0.29, 0.717) is 28.6 Å². The summed E-state index contributed by atoms with van der Waals surface area (Å²) in [5, 5.41) is 12.2. The molecule has 5 atom stereocenters. The number of carboxylic acids is 1. The molecule has 4 rings (SSSR count). The molecule has 0 aromatic carbocycles. The molecule has 1 saturated heterocycles. The lowest BCUT2D eigenvalue weighted by Gasteiger charge is -2.52. The van der Waals surface area contributed by atoms with Crippen LogP contribution in [0, 0.1) is 11.3 Å². The standard InChI is InChI=1S/C29H38ClN3O6S2Si/c1-8-11-29(4)23-21(17(3)39-42(5,6)7)25(34)33(23)22(26(35)36)24(29)41-27-31-20(16-40-27)18-10-12-32(19(14-18)15-30)28(37)38-13-9-2/h8-10,16-17,19,21,23H,1-2,11-15H2,3-7H3,(H,35,36)/t17-,19-,21-,23+,29-/m1/s1. The van der Waals surface area contributed by atoms with E-state index in [2.05, 4.69) is 32.8 Å². The van der Waals surface area contributed by atoms with Gasteiger partial charge in [-0.25, -0.2) is 14.6 Å². The van der Waals surface area contributed by atoms with E-state index >= 15 is 0 Å². The SMILES string of the molecule is C=CCOC(=O)N1CC=C(c2csc(SC3=C(C(=O)O)N4C(=O)[C@H]([C@@H](C)O[Si](C)(C)C)[C@H]4[C@@]3(C)CC=C)n2)C[C@@H]1CCl. The summed E-state index contributed by atoms with van der Waals surface area (Å²) in [7, 11) is -1.94. The third-order valence-electron chi connectivity index (χ3n) is 7.75. The van der Waals surface area contributed by atoms with Crippen LogP contribution in [0.5, 0.6) is 0 Å². The maximum atomic E-state index is 13.4. The summed E-state index contributed by atoms with van der Waals surface area (Å²) in [6, 6.07) is -0.597. The molecule has 1 aromatic rings.